The Hall–Kier alpha value is -1.55. The normalized spacial score (nSPS) is 14.2. The molecule has 1 aromatic heterocycles. The molecule has 1 aliphatic rings. The van der Waals surface area contributed by atoms with E-state index in [1.807, 2.05) is 4.90 Å². The Balaban J connectivity index is 0.00000450. The van der Waals surface area contributed by atoms with Crippen LogP contribution in [-0.2, 0) is 22.4 Å². The molecule has 7 nitrogen and oxygen atoms in total. The van der Waals surface area contributed by atoms with E-state index in [1.165, 1.54) is 5.56 Å². The molecule has 0 amide bonds. The van der Waals surface area contributed by atoms with E-state index in [2.05, 4.69) is 22.4 Å². The zero-order valence-corrected chi connectivity index (χ0v) is 18.0. The molecule has 0 saturated carbocycles. The zero-order valence-electron chi connectivity index (χ0n) is 17.2. The SMILES string of the molecule is Cl.NC(CCN(CCCCc1ccc2c(n1)NCCC2)CCOCC(F)F)C(=O)O. The summed E-state index contributed by atoms with van der Waals surface area (Å²) in [5, 5.41) is 12.3. The van der Waals surface area contributed by atoms with Gasteiger partial charge in [-0.3, -0.25) is 4.79 Å². The molecule has 1 aliphatic heterocycles. The number of halogens is 3. The number of nitrogens with two attached hydrogens (primary N) is 1. The van der Waals surface area contributed by atoms with Crippen molar-refractivity contribution in [3.8, 4) is 0 Å². The van der Waals surface area contributed by atoms with E-state index in [9.17, 15) is 13.6 Å². The summed E-state index contributed by atoms with van der Waals surface area (Å²) >= 11 is 0. The molecule has 0 bridgehead atoms. The zero-order chi connectivity index (χ0) is 21.1. The van der Waals surface area contributed by atoms with E-state index in [4.69, 9.17) is 15.6 Å². The number of pyridine rings is 1. The molecule has 1 atom stereocenters. The Kier molecular flexibility index (Phi) is 12.8. The minimum absolute atomic E-state index is 0. The van der Waals surface area contributed by atoms with Crippen LogP contribution < -0.4 is 11.1 Å². The number of aromatic nitrogens is 1. The van der Waals surface area contributed by atoms with Gasteiger partial charge < -0.3 is 25.8 Å². The first-order valence-electron chi connectivity index (χ1n) is 10.2. The summed E-state index contributed by atoms with van der Waals surface area (Å²) in [7, 11) is 0. The smallest absolute Gasteiger partial charge is 0.320 e. The molecule has 172 valence electrons. The highest BCUT2D eigenvalue weighted by Gasteiger charge is 2.14. The van der Waals surface area contributed by atoms with Crippen LogP contribution in [0.15, 0.2) is 12.1 Å². The fourth-order valence-electron chi connectivity index (χ4n) is 3.30. The van der Waals surface area contributed by atoms with Crippen LogP contribution in [0.3, 0.4) is 0 Å². The van der Waals surface area contributed by atoms with Gasteiger partial charge >= 0.3 is 5.97 Å². The average molecular weight is 451 g/mol. The molecular formula is C20H33ClF2N4O3. The van der Waals surface area contributed by atoms with Crippen LogP contribution in [0, 0.1) is 0 Å². The highest BCUT2D eigenvalue weighted by atomic mass is 35.5. The Morgan fingerprint density at radius 3 is 2.83 bits per heavy atom. The first kappa shape index (κ1) is 26.5. The van der Waals surface area contributed by atoms with Crippen molar-refractivity contribution in [3.05, 3.63) is 23.4 Å². The summed E-state index contributed by atoms with van der Waals surface area (Å²) < 4.78 is 29.3. The maximum Gasteiger partial charge on any atom is 0.320 e. The van der Waals surface area contributed by atoms with Crippen molar-refractivity contribution in [1.29, 1.82) is 0 Å². The molecule has 0 fully saturated rings. The number of carboxylic acids is 1. The van der Waals surface area contributed by atoms with E-state index in [0.717, 1.165) is 56.7 Å². The van der Waals surface area contributed by atoms with E-state index in [1.54, 1.807) is 0 Å². The molecule has 0 radical (unpaired) electrons. The highest BCUT2D eigenvalue weighted by molar-refractivity contribution is 5.85. The Bertz CT molecular complexity index is 640. The molecule has 0 aliphatic carbocycles. The quantitative estimate of drug-likeness (QED) is 0.374. The van der Waals surface area contributed by atoms with Gasteiger partial charge in [0.05, 0.1) is 6.61 Å². The summed E-state index contributed by atoms with van der Waals surface area (Å²) in [5.41, 5.74) is 7.90. The van der Waals surface area contributed by atoms with Crippen LogP contribution in [0.25, 0.3) is 0 Å². The first-order chi connectivity index (χ1) is 14.0. The monoisotopic (exact) mass is 450 g/mol. The maximum absolute atomic E-state index is 12.2. The minimum atomic E-state index is -2.48. The lowest BCUT2D eigenvalue weighted by molar-refractivity contribution is -0.138. The molecule has 4 N–H and O–H groups in total. The number of hydrogen-bond donors (Lipinski definition) is 3. The summed E-state index contributed by atoms with van der Waals surface area (Å²) in [4.78, 5) is 17.6. The third-order valence-electron chi connectivity index (χ3n) is 4.98. The number of rotatable bonds is 14. The van der Waals surface area contributed by atoms with Gasteiger partial charge in [-0.2, -0.15) is 0 Å². The molecule has 0 spiro atoms. The number of aliphatic carboxylic acids is 1. The van der Waals surface area contributed by atoms with Gasteiger partial charge in [-0.25, -0.2) is 13.8 Å². The average Bonchev–Trinajstić information content (AvgIpc) is 2.71. The van der Waals surface area contributed by atoms with Gasteiger partial charge in [0.15, 0.2) is 0 Å². The summed E-state index contributed by atoms with van der Waals surface area (Å²) in [6.45, 7) is 2.26. The molecule has 10 heteroatoms. The largest absolute Gasteiger partial charge is 0.480 e. The third kappa shape index (κ3) is 9.97. The van der Waals surface area contributed by atoms with Crippen molar-refractivity contribution in [1.82, 2.24) is 9.88 Å². The molecule has 1 aromatic rings. The number of carboxylic acid groups (broad SMARTS) is 1. The van der Waals surface area contributed by atoms with E-state index >= 15 is 0 Å². The number of aryl methyl sites for hydroxylation is 2. The number of hydrogen-bond acceptors (Lipinski definition) is 6. The summed E-state index contributed by atoms with van der Waals surface area (Å²) in [5.74, 6) is -0.0415. The second-order valence-corrected chi connectivity index (χ2v) is 7.34. The van der Waals surface area contributed by atoms with Gasteiger partial charge in [-0.05, 0) is 56.7 Å². The lowest BCUT2D eigenvalue weighted by Gasteiger charge is -2.23. The summed E-state index contributed by atoms with van der Waals surface area (Å²) in [6, 6.07) is 3.30. The van der Waals surface area contributed by atoms with Crippen LogP contribution in [0.4, 0.5) is 14.6 Å². The number of nitrogens with zero attached hydrogens (tertiary/aromatic N) is 2. The standard InChI is InChI=1S/C20H32F2N4O3.ClH/c21-18(22)14-29-13-12-26(11-8-17(23)20(27)28)10-2-1-5-16-7-6-15-4-3-9-24-19(15)25-16;/h6-7,17-18H,1-5,8-14,23H2,(H,24,25)(H,27,28);1H. The lowest BCUT2D eigenvalue weighted by Crippen LogP contribution is -2.37. The van der Waals surface area contributed by atoms with Crippen molar-refractivity contribution in [2.24, 2.45) is 5.73 Å². The number of ether oxygens (including phenoxy) is 1. The molecule has 0 aromatic carbocycles. The second-order valence-electron chi connectivity index (χ2n) is 7.34. The fraction of sp³-hybridized carbons (Fsp3) is 0.700. The van der Waals surface area contributed by atoms with Crippen molar-refractivity contribution < 1.29 is 23.4 Å². The number of alkyl halides is 2. The van der Waals surface area contributed by atoms with Gasteiger partial charge in [0.2, 0.25) is 0 Å². The molecule has 0 saturated heterocycles. The van der Waals surface area contributed by atoms with Crippen LogP contribution in [-0.4, -0.2) is 72.8 Å². The first-order valence-corrected chi connectivity index (χ1v) is 10.2. The highest BCUT2D eigenvalue weighted by Crippen LogP contribution is 2.20. The third-order valence-corrected chi connectivity index (χ3v) is 4.98. The van der Waals surface area contributed by atoms with Crippen LogP contribution in [0.2, 0.25) is 0 Å². The Morgan fingerprint density at radius 1 is 1.30 bits per heavy atom. The molecule has 1 unspecified atom stereocenters. The maximum atomic E-state index is 12.2. The number of carbonyl (C=O) groups is 1. The van der Waals surface area contributed by atoms with Gasteiger partial charge in [0.1, 0.15) is 18.5 Å². The number of nitrogens with one attached hydrogen (secondary N) is 1. The predicted octanol–water partition coefficient (Wildman–Crippen LogP) is 2.57. The Morgan fingerprint density at radius 2 is 2.10 bits per heavy atom. The minimum Gasteiger partial charge on any atom is -0.480 e. The topological polar surface area (TPSA) is 101 Å². The predicted molar refractivity (Wildman–Crippen MR) is 115 cm³/mol. The molecule has 2 rings (SSSR count). The van der Waals surface area contributed by atoms with Gasteiger partial charge in [-0.1, -0.05) is 6.07 Å². The van der Waals surface area contributed by atoms with Gasteiger partial charge in [0, 0.05) is 25.3 Å². The number of fused-ring (bicyclic) bond motifs is 1. The van der Waals surface area contributed by atoms with Crippen LogP contribution in [0.5, 0.6) is 0 Å². The second kappa shape index (κ2) is 14.5. The van der Waals surface area contributed by atoms with Crippen molar-refractivity contribution in [3.63, 3.8) is 0 Å². The van der Waals surface area contributed by atoms with Crippen LogP contribution >= 0.6 is 12.4 Å². The Labute approximate surface area is 182 Å². The molecule has 30 heavy (non-hydrogen) atoms. The van der Waals surface area contributed by atoms with Gasteiger partial charge in [0.25, 0.3) is 6.43 Å². The number of anilines is 1. The van der Waals surface area contributed by atoms with Crippen molar-refractivity contribution >= 4 is 24.2 Å². The van der Waals surface area contributed by atoms with E-state index in [0.29, 0.717) is 19.5 Å². The molecule has 2 heterocycles. The molecular weight excluding hydrogens is 418 g/mol. The van der Waals surface area contributed by atoms with Gasteiger partial charge in [-0.15, -0.1) is 12.4 Å². The van der Waals surface area contributed by atoms with Crippen LogP contribution in [0.1, 0.15) is 36.9 Å². The van der Waals surface area contributed by atoms with E-state index < -0.39 is 25.0 Å². The summed E-state index contributed by atoms with van der Waals surface area (Å²) in [6.07, 6.45) is 2.71. The van der Waals surface area contributed by atoms with Crippen molar-refractivity contribution in [2.45, 2.75) is 51.0 Å². The van der Waals surface area contributed by atoms with E-state index in [-0.39, 0.29) is 19.0 Å². The lowest BCUT2D eigenvalue weighted by atomic mass is 10.1. The number of unbranched alkanes of at least 4 members (excludes halogenated alkanes) is 1. The fourth-order valence-corrected chi connectivity index (χ4v) is 3.30. The van der Waals surface area contributed by atoms with Crippen molar-refractivity contribution in [2.75, 3.05) is 44.7 Å².